The van der Waals surface area contributed by atoms with Crippen molar-refractivity contribution < 1.29 is 4.39 Å². The van der Waals surface area contributed by atoms with Gasteiger partial charge in [-0.25, -0.2) is 14.1 Å². The maximum absolute atomic E-state index is 13.3. The van der Waals surface area contributed by atoms with Gasteiger partial charge in [0.15, 0.2) is 5.82 Å². The van der Waals surface area contributed by atoms with E-state index in [0.717, 1.165) is 11.3 Å². The number of rotatable bonds is 4. The van der Waals surface area contributed by atoms with Crippen molar-refractivity contribution in [2.75, 3.05) is 0 Å². The van der Waals surface area contributed by atoms with E-state index in [0.29, 0.717) is 18.4 Å². The van der Waals surface area contributed by atoms with E-state index in [1.165, 1.54) is 12.3 Å². The molecule has 5 heteroatoms. The van der Waals surface area contributed by atoms with Gasteiger partial charge in [-0.3, -0.25) is 0 Å². The van der Waals surface area contributed by atoms with Crippen molar-refractivity contribution in [3.8, 4) is 5.82 Å². The lowest BCUT2D eigenvalue weighted by atomic mass is 10.2. The van der Waals surface area contributed by atoms with Crippen molar-refractivity contribution in [2.24, 2.45) is 0 Å². The molecule has 0 aliphatic carbocycles. The van der Waals surface area contributed by atoms with Crippen LogP contribution in [-0.4, -0.2) is 20.8 Å². The smallest absolute Gasteiger partial charge is 0.157 e. The zero-order chi connectivity index (χ0) is 13.1. The third-order valence-electron chi connectivity index (χ3n) is 2.55. The molecule has 2 aromatic heterocycles. The number of halogens is 1. The topological polar surface area (TPSA) is 42.7 Å². The second-order valence-electron chi connectivity index (χ2n) is 4.57. The van der Waals surface area contributed by atoms with Crippen LogP contribution in [0.2, 0.25) is 0 Å². The summed E-state index contributed by atoms with van der Waals surface area (Å²) in [5.74, 6) is 0.334. The fourth-order valence-electron chi connectivity index (χ4n) is 1.66. The number of hydrogen-bond acceptors (Lipinski definition) is 3. The maximum atomic E-state index is 13.3. The molecule has 0 saturated heterocycles. The van der Waals surface area contributed by atoms with Crippen LogP contribution in [0.15, 0.2) is 24.5 Å². The van der Waals surface area contributed by atoms with Gasteiger partial charge in [0.25, 0.3) is 0 Å². The highest BCUT2D eigenvalue weighted by molar-refractivity contribution is 5.33. The molecule has 0 bridgehead atoms. The Hall–Kier alpha value is -1.75. The predicted molar refractivity (Wildman–Crippen MR) is 68.0 cm³/mol. The second kappa shape index (κ2) is 5.27. The minimum absolute atomic E-state index is 0.330. The molecule has 0 atom stereocenters. The highest BCUT2D eigenvalue weighted by Gasteiger charge is 2.09. The lowest BCUT2D eigenvalue weighted by Crippen LogP contribution is -2.23. The third kappa shape index (κ3) is 2.92. The van der Waals surface area contributed by atoms with E-state index in [-0.39, 0.29) is 5.82 Å². The van der Waals surface area contributed by atoms with Gasteiger partial charge in [-0.1, -0.05) is 13.8 Å². The molecule has 0 aliphatic rings. The van der Waals surface area contributed by atoms with Gasteiger partial charge in [0.1, 0.15) is 5.82 Å². The Balaban J connectivity index is 2.34. The number of hydrogen-bond donors (Lipinski definition) is 1. The standard InChI is InChI=1S/C13H17FN4/c1-9(2)15-7-11-6-12(14)8-16-13(11)18-5-4-10(3)17-18/h4-6,8-9,15H,7H2,1-3H3. The Morgan fingerprint density at radius 1 is 1.44 bits per heavy atom. The Morgan fingerprint density at radius 2 is 2.22 bits per heavy atom. The van der Waals surface area contributed by atoms with Gasteiger partial charge < -0.3 is 5.32 Å². The van der Waals surface area contributed by atoms with Crippen LogP contribution in [0.5, 0.6) is 0 Å². The van der Waals surface area contributed by atoms with E-state index in [1.807, 2.05) is 33.0 Å². The van der Waals surface area contributed by atoms with Crippen LogP contribution < -0.4 is 5.32 Å². The van der Waals surface area contributed by atoms with Crippen molar-refractivity contribution in [3.05, 3.63) is 41.6 Å². The second-order valence-corrected chi connectivity index (χ2v) is 4.57. The van der Waals surface area contributed by atoms with E-state index in [4.69, 9.17) is 0 Å². The number of aromatic nitrogens is 3. The average Bonchev–Trinajstić information content (AvgIpc) is 2.73. The fraction of sp³-hybridized carbons (Fsp3) is 0.385. The van der Waals surface area contributed by atoms with Gasteiger partial charge in [-0.2, -0.15) is 5.10 Å². The fourth-order valence-corrected chi connectivity index (χ4v) is 1.66. The first-order chi connectivity index (χ1) is 8.56. The quantitative estimate of drug-likeness (QED) is 0.902. The minimum Gasteiger partial charge on any atom is -0.310 e. The van der Waals surface area contributed by atoms with Crippen LogP contribution in [0.1, 0.15) is 25.1 Å². The normalized spacial score (nSPS) is 11.2. The summed E-state index contributed by atoms with van der Waals surface area (Å²) in [4.78, 5) is 4.13. The number of pyridine rings is 1. The van der Waals surface area contributed by atoms with Crippen LogP contribution >= 0.6 is 0 Å². The third-order valence-corrected chi connectivity index (χ3v) is 2.55. The van der Waals surface area contributed by atoms with Crippen molar-refractivity contribution in [3.63, 3.8) is 0 Å². The summed E-state index contributed by atoms with van der Waals surface area (Å²) in [6.07, 6.45) is 3.04. The van der Waals surface area contributed by atoms with Crippen LogP contribution in [0.25, 0.3) is 5.82 Å². The molecule has 4 nitrogen and oxygen atoms in total. The summed E-state index contributed by atoms with van der Waals surface area (Å²) in [6, 6.07) is 3.72. The molecule has 2 rings (SSSR count). The lowest BCUT2D eigenvalue weighted by Gasteiger charge is -2.11. The molecule has 0 radical (unpaired) electrons. The zero-order valence-corrected chi connectivity index (χ0v) is 10.8. The SMILES string of the molecule is Cc1ccn(-c2ncc(F)cc2CNC(C)C)n1. The van der Waals surface area contributed by atoms with Gasteiger partial charge in [0, 0.05) is 24.3 Å². The van der Waals surface area contributed by atoms with E-state index in [9.17, 15) is 4.39 Å². The van der Waals surface area contributed by atoms with Gasteiger partial charge in [-0.15, -0.1) is 0 Å². The molecule has 18 heavy (non-hydrogen) atoms. The molecular formula is C13H17FN4. The maximum Gasteiger partial charge on any atom is 0.157 e. The highest BCUT2D eigenvalue weighted by atomic mass is 19.1. The summed E-state index contributed by atoms with van der Waals surface area (Å²) in [5, 5.41) is 7.56. The van der Waals surface area contributed by atoms with E-state index in [1.54, 1.807) is 4.68 Å². The molecule has 0 amide bonds. The molecule has 0 saturated carbocycles. The van der Waals surface area contributed by atoms with Crippen LogP contribution in [0.3, 0.4) is 0 Å². The Bertz CT molecular complexity index is 534. The first-order valence-corrected chi connectivity index (χ1v) is 5.96. The van der Waals surface area contributed by atoms with Crippen molar-refractivity contribution in [2.45, 2.75) is 33.4 Å². The summed E-state index contributed by atoms with van der Waals surface area (Å²) in [7, 11) is 0. The summed E-state index contributed by atoms with van der Waals surface area (Å²) in [5.41, 5.74) is 1.70. The monoisotopic (exact) mass is 248 g/mol. The molecule has 96 valence electrons. The Morgan fingerprint density at radius 3 is 2.83 bits per heavy atom. The van der Waals surface area contributed by atoms with Gasteiger partial charge in [-0.05, 0) is 19.1 Å². The molecule has 0 unspecified atom stereocenters. The molecule has 2 heterocycles. The average molecular weight is 248 g/mol. The number of nitrogens with zero attached hydrogens (tertiary/aromatic N) is 3. The molecule has 2 aromatic rings. The molecular weight excluding hydrogens is 231 g/mol. The Kier molecular flexibility index (Phi) is 3.72. The minimum atomic E-state index is -0.330. The van der Waals surface area contributed by atoms with Gasteiger partial charge in [0.05, 0.1) is 11.9 Å². The predicted octanol–water partition coefficient (Wildman–Crippen LogP) is 2.21. The van der Waals surface area contributed by atoms with Crippen molar-refractivity contribution in [1.29, 1.82) is 0 Å². The molecule has 0 fully saturated rings. The molecule has 0 aliphatic heterocycles. The van der Waals surface area contributed by atoms with Crippen LogP contribution in [0, 0.1) is 12.7 Å². The number of nitrogens with one attached hydrogen (secondary N) is 1. The number of aryl methyl sites for hydroxylation is 1. The molecule has 0 aromatic carbocycles. The van der Waals surface area contributed by atoms with E-state index >= 15 is 0 Å². The summed E-state index contributed by atoms with van der Waals surface area (Å²) >= 11 is 0. The molecule has 1 N–H and O–H groups in total. The van der Waals surface area contributed by atoms with E-state index in [2.05, 4.69) is 15.4 Å². The zero-order valence-electron chi connectivity index (χ0n) is 10.8. The summed E-state index contributed by atoms with van der Waals surface area (Å²) < 4.78 is 14.9. The van der Waals surface area contributed by atoms with E-state index < -0.39 is 0 Å². The first-order valence-electron chi connectivity index (χ1n) is 5.96. The van der Waals surface area contributed by atoms with Gasteiger partial charge >= 0.3 is 0 Å². The Labute approximate surface area is 106 Å². The first kappa shape index (κ1) is 12.7. The highest BCUT2D eigenvalue weighted by Crippen LogP contribution is 2.13. The van der Waals surface area contributed by atoms with Crippen molar-refractivity contribution in [1.82, 2.24) is 20.1 Å². The largest absolute Gasteiger partial charge is 0.310 e. The van der Waals surface area contributed by atoms with Gasteiger partial charge in [0.2, 0.25) is 0 Å². The van der Waals surface area contributed by atoms with Crippen molar-refractivity contribution >= 4 is 0 Å². The van der Waals surface area contributed by atoms with Crippen LogP contribution in [-0.2, 0) is 6.54 Å². The van der Waals surface area contributed by atoms with Crippen LogP contribution in [0.4, 0.5) is 4.39 Å². The summed E-state index contributed by atoms with van der Waals surface area (Å²) in [6.45, 7) is 6.57. The molecule has 0 spiro atoms. The lowest BCUT2D eigenvalue weighted by molar-refractivity contribution is 0.574.